The van der Waals surface area contributed by atoms with Crippen molar-refractivity contribution in [2.75, 3.05) is 11.9 Å². The molecular formula is C25H26ClN3O3. The highest BCUT2D eigenvalue weighted by Crippen LogP contribution is 2.29. The van der Waals surface area contributed by atoms with Gasteiger partial charge in [0.2, 0.25) is 11.9 Å². The number of amides is 1. The summed E-state index contributed by atoms with van der Waals surface area (Å²) >= 11 is 6.01. The molecule has 1 amide bonds. The van der Waals surface area contributed by atoms with Crippen molar-refractivity contribution in [1.82, 2.24) is 4.90 Å². The molecule has 1 N–H and O–H groups in total. The van der Waals surface area contributed by atoms with Crippen LogP contribution in [0.5, 0.6) is 0 Å². The molecule has 4 rings (SSSR count). The summed E-state index contributed by atoms with van der Waals surface area (Å²) in [5.74, 6) is 0.867. The van der Waals surface area contributed by atoms with Gasteiger partial charge >= 0.3 is 0 Å². The number of hydrogen-bond donors (Lipinski definition) is 1. The number of rotatable bonds is 6. The molecule has 0 radical (unpaired) electrons. The summed E-state index contributed by atoms with van der Waals surface area (Å²) in [7, 11) is 0. The number of ketones is 1. The van der Waals surface area contributed by atoms with Crippen LogP contribution in [0, 0.1) is 12.8 Å². The lowest BCUT2D eigenvalue weighted by atomic mass is 10.00. The van der Waals surface area contributed by atoms with Gasteiger partial charge in [0.1, 0.15) is 17.1 Å². The van der Waals surface area contributed by atoms with Gasteiger partial charge in [-0.05, 0) is 55.3 Å². The van der Waals surface area contributed by atoms with E-state index in [1.165, 1.54) is 6.92 Å². The minimum Gasteiger partial charge on any atom is -0.461 e. The molecule has 7 heteroatoms. The van der Waals surface area contributed by atoms with E-state index >= 15 is 0 Å². The monoisotopic (exact) mass is 451 g/mol. The van der Waals surface area contributed by atoms with E-state index in [9.17, 15) is 9.59 Å². The van der Waals surface area contributed by atoms with Crippen LogP contribution in [0.1, 0.15) is 37.2 Å². The lowest BCUT2D eigenvalue weighted by Gasteiger charge is -2.32. The highest BCUT2D eigenvalue weighted by atomic mass is 35.5. The van der Waals surface area contributed by atoms with Gasteiger partial charge in [-0.1, -0.05) is 30.7 Å². The minimum absolute atomic E-state index is 0.0194. The highest BCUT2D eigenvalue weighted by Gasteiger charge is 2.33. The van der Waals surface area contributed by atoms with Crippen molar-refractivity contribution in [3.63, 3.8) is 0 Å². The maximum absolute atomic E-state index is 13.3. The lowest BCUT2D eigenvalue weighted by molar-refractivity contribution is -0.135. The van der Waals surface area contributed by atoms with Crippen molar-refractivity contribution in [2.24, 2.45) is 10.9 Å². The quantitative estimate of drug-likeness (QED) is 0.547. The lowest BCUT2D eigenvalue weighted by Crippen LogP contribution is -2.48. The topological polar surface area (TPSA) is 74.9 Å². The predicted molar refractivity (Wildman–Crippen MR) is 127 cm³/mol. The molecule has 0 bridgehead atoms. The van der Waals surface area contributed by atoms with Crippen LogP contribution in [-0.2, 0) is 22.6 Å². The molecule has 2 heterocycles. The Kier molecular flexibility index (Phi) is 6.33. The number of Topliss-reactive ketones (excluding diaryl/α,β-unsaturated/α-hetero) is 1. The molecular weight excluding hydrogens is 426 g/mol. The van der Waals surface area contributed by atoms with Crippen molar-refractivity contribution in [1.29, 1.82) is 0 Å². The summed E-state index contributed by atoms with van der Waals surface area (Å²) in [6.07, 6.45) is 1.02. The van der Waals surface area contributed by atoms with Gasteiger partial charge in [-0.15, -0.1) is 0 Å². The Labute approximate surface area is 192 Å². The van der Waals surface area contributed by atoms with Crippen molar-refractivity contribution in [2.45, 2.75) is 40.2 Å². The van der Waals surface area contributed by atoms with Crippen molar-refractivity contribution < 1.29 is 14.0 Å². The fourth-order valence-electron chi connectivity index (χ4n) is 4.03. The smallest absolute Gasteiger partial charge is 0.235 e. The first-order valence-electron chi connectivity index (χ1n) is 10.7. The van der Waals surface area contributed by atoms with Crippen LogP contribution in [0.3, 0.4) is 0 Å². The predicted octanol–water partition coefficient (Wildman–Crippen LogP) is 5.36. The van der Waals surface area contributed by atoms with Crippen molar-refractivity contribution in [3.8, 4) is 0 Å². The van der Waals surface area contributed by atoms with E-state index in [-0.39, 0.29) is 24.7 Å². The van der Waals surface area contributed by atoms with Crippen LogP contribution >= 0.6 is 11.6 Å². The third-order valence-electron chi connectivity index (χ3n) is 5.73. The van der Waals surface area contributed by atoms with Crippen LogP contribution < -0.4 is 5.32 Å². The standard InChI is InChI=1S/C25H26ClN3O3/c1-4-22-16(3)21-12-20(9-10-23(21)32-22)28-25-27-13-18(11-15(2)30)24(31)29(25)14-17-5-7-19(26)8-6-17/h5-10,12,18H,4,11,13-14H2,1-3H3,(H,27,28). The summed E-state index contributed by atoms with van der Waals surface area (Å²) < 4.78 is 5.91. The first-order valence-corrected chi connectivity index (χ1v) is 11.1. The summed E-state index contributed by atoms with van der Waals surface area (Å²) in [5.41, 5.74) is 3.70. The average molecular weight is 452 g/mol. The third kappa shape index (κ3) is 4.55. The fraction of sp³-hybridized carbons (Fsp3) is 0.320. The number of nitrogens with zero attached hydrogens (tertiary/aromatic N) is 2. The molecule has 1 aromatic heterocycles. The molecule has 1 aliphatic rings. The summed E-state index contributed by atoms with van der Waals surface area (Å²) in [4.78, 5) is 31.2. The molecule has 1 unspecified atom stereocenters. The fourth-order valence-corrected chi connectivity index (χ4v) is 4.16. The number of halogens is 1. The first-order chi connectivity index (χ1) is 15.4. The van der Waals surface area contributed by atoms with Gasteiger partial charge in [0, 0.05) is 28.9 Å². The molecule has 32 heavy (non-hydrogen) atoms. The van der Waals surface area contributed by atoms with Crippen LogP contribution in [0.25, 0.3) is 11.0 Å². The largest absolute Gasteiger partial charge is 0.461 e. The highest BCUT2D eigenvalue weighted by molar-refractivity contribution is 6.30. The number of aliphatic imine (C=N–C) groups is 1. The Morgan fingerprint density at radius 2 is 2.00 bits per heavy atom. The maximum atomic E-state index is 13.3. The third-order valence-corrected chi connectivity index (χ3v) is 5.98. The second-order valence-corrected chi connectivity index (χ2v) is 8.59. The summed E-state index contributed by atoms with van der Waals surface area (Å²) in [5, 5.41) is 4.99. The Morgan fingerprint density at radius 1 is 1.25 bits per heavy atom. The second kappa shape index (κ2) is 9.17. The van der Waals surface area contributed by atoms with E-state index < -0.39 is 5.92 Å². The Morgan fingerprint density at radius 3 is 2.69 bits per heavy atom. The number of guanidine groups is 1. The van der Waals surface area contributed by atoms with Gasteiger partial charge in [0.05, 0.1) is 19.0 Å². The van der Waals surface area contributed by atoms with E-state index in [1.54, 1.807) is 17.0 Å². The summed E-state index contributed by atoms with van der Waals surface area (Å²) in [6, 6.07) is 13.2. The van der Waals surface area contributed by atoms with Crippen molar-refractivity contribution in [3.05, 3.63) is 64.4 Å². The van der Waals surface area contributed by atoms with Gasteiger partial charge in [-0.3, -0.25) is 14.7 Å². The number of anilines is 1. The van der Waals surface area contributed by atoms with Gasteiger partial charge in [0.15, 0.2) is 0 Å². The molecule has 0 saturated heterocycles. The zero-order chi connectivity index (χ0) is 22.8. The molecule has 0 aliphatic carbocycles. The van der Waals surface area contributed by atoms with Gasteiger partial charge in [-0.25, -0.2) is 0 Å². The normalized spacial score (nSPS) is 16.4. The van der Waals surface area contributed by atoms with E-state index in [4.69, 9.17) is 16.0 Å². The van der Waals surface area contributed by atoms with E-state index in [2.05, 4.69) is 24.2 Å². The maximum Gasteiger partial charge on any atom is 0.235 e. The number of aryl methyl sites for hydroxylation is 2. The van der Waals surface area contributed by atoms with Gasteiger partial charge in [0.25, 0.3) is 0 Å². The van der Waals surface area contributed by atoms with Crippen LogP contribution in [0.4, 0.5) is 5.69 Å². The number of nitrogens with one attached hydrogen (secondary N) is 1. The average Bonchev–Trinajstić information content (AvgIpc) is 3.09. The molecule has 0 fully saturated rings. The summed E-state index contributed by atoms with van der Waals surface area (Å²) in [6.45, 7) is 6.24. The number of carbonyl (C=O) groups is 2. The molecule has 2 aromatic carbocycles. The van der Waals surface area contributed by atoms with Crippen LogP contribution in [0.15, 0.2) is 51.9 Å². The number of furan rings is 1. The van der Waals surface area contributed by atoms with E-state index in [0.29, 0.717) is 17.5 Å². The molecule has 3 aromatic rings. The number of fused-ring (bicyclic) bond motifs is 1. The zero-order valence-corrected chi connectivity index (χ0v) is 19.2. The number of carbonyl (C=O) groups excluding carboxylic acids is 2. The Bertz CT molecular complexity index is 1200. The molecule has 0 spiro atoms. The molecule has 0 saturated carbocycles. The molecule has 166 valence electrons. The van der Waals surface area contributed by atoms with Gasteiger partial charge < -0.3 is 14.5 Å². The van der Waals surface area contributed by atoms with E-state index in [0.717, 1.165) is 40.0 Å². The molecule has 1 aliphatic heterocycles. The van der Waals surface area contributed by atoms with Crippen LogP contribution in [-0.4, -0.2) is 29.1 Å². The Balaban J connectivity index is 1.64. The SMILES string of the molecule is CCc1oc2ccc(NC3=NCC(CC(C)=O)C(=O)N3Cc3ccc(Cl)cc3)cc2c1C. The van der Waals surface area contributed by atoms with Crippen molar-refractivity contribution >= 4 is 45.9 Å². The Hall–Kier alpha value is -3.12. The number of hydrogen-bond acceptors (Lipinski definition) is 5. The zero-order valence-electron chi connectivity index (χ0n) is 18.4. The second-order valence-electron chi connectivity index (χ2n) is 8.16. The van der Waals surface area contributed by atoms with Gasteiger partial charge in [-0.2, -0.15) is 0 Å². The number of benzene rings is 2. The first kappa shape index (κ1) is 22.1. The molecule has 6 nitrogen and oxygen atoms in total. The van der Waals surface area contributed by atoms with E-state index in [1.807, 2.05) is 30.3 Å². The van der Waals surface area contributed by atoms with Crippen LogP contribution in [0.2, 0.25) is 5.02 Å². The minimum atomic E-state index is -0.448. The molecule has 1 atom stereocenters.